The van der Waals surface area contributed by atoms with E-state index in [1.807, 2.05) is 0 Å². The Bertz CT molecular complexity index is 819. The fourth-order valence-electron chi connectivity index (χ4n) is 4.34. The molecule has 0 nitrogen and oxygen atoms in total. The van der Waals surface area contributed by atoms with Gasteiger partial charge in [-0.1, -0.05) is 111 Å². The van der Waals surface area contributed by atoms with Crippen LogP contribution in [0.4, 0.5) is 0 Å². The van der Waals surface area contributed by atoms with E-state index in [1.54, 1.807) is 0 Å². The Balaban J connectivity index is 1.37. The van der Waals surface area contributed by atoms with E-state index in [9.17, 15) is 0 Å². The summed E-state index contributed by atoms with van der Waals surface area (Å²) in [5, 5.41) is 0. The van der Waals surface area contributed by atoms with E-state index in [2.05, 4.69) is 85.8 Å². The van der Waals surface area contributed by atoms with Crippen LogP contribution in [0.3, 0.4) is 0 Å². The van der Waals surface area contributed by atoms with E-state index < -0.39 is 0 Å². The molecule has 0 heteroatoms. The van der Waals surface area contributed by atoms with Gasteiger partial charge in [0, 0.05) is 0 Å². The van der Waals surface area contributed by atoms with E-state index >= 15 is 0 Å². The van der Waals surface area contributed by atoms with Gasteiger partial charge >= 0.3 is 0 Å². The first-order valence-electron chi connectivity index (χ1n) is 10.5. The van der Waals surface area contributed by atoms with Crippen LogP contribution in [0.2, 0.25) is 0 Å². The molecule has 0 atom stereocenters. The van der Waals surface area contributed by atoms with Crippen LogP contribution >= 0.6 is 0 Å². The van der Waals surface area contributed by atoms with E-state index in [4.69, 9.17) is 0 Å². The third-order valence-corrected chi connectivity index (χ3v) is 6.26. The molecular formula is C27H30. The van der Waals surface area contributed by atoms with Crippen LogP contribution in [0.25, 0.3) is 22.3 Å². The molecule has 0 bridgehead atoms. The molecule has 0 unspecified atom stereocenters. The summed E-state index contributed by atoms with van der Waals surface area (Å²) in [6.45, 7) is 2.40. The number of rotatable bonds is 5. The lowest BCUT2D eigenvalue weighted by Gasteiger charge is -2.26. The van der Waals surface area contributed by atoms with E-state index in [0.29, 0.717) is 0 Å². The molecule has 1 aliphatic rings. The van der Waals surface area contributed by atoms with Crippen molar-refractivity contribution in [3.8, 4) is 22.3 Å². The standard InChI is InChI=1S/C27H30/c1-21-7-9-22(10-8-21)11-12-23-13-15-25(16-14-23)27-19-17-26(18-20-27)24-5-3-2-4-6-24/h2-6,13-22H,7-12H2,1H3. The maximum atomic E-state index is 2.40. The van der Waals surface area contributed by atoms with Gasteiger partial charge in [0.15, 0.2) is 0 Å². The minimum Gasteiger partial charge on any atom is -0.0625 e. The molecule has 0 aliphatic heterocycles. The van der Waals surface area contributed by atoms with Gasteiger partial charge in [-0.05, 0) is 52.5 Å². The molecular weight excluding hydrogens is 324 g/mol. The van der Waals surface area contributed by atoms with Crippen molar-refractivity contribution in [1.82, 2.24) is 0 Å². The Labute approximate surface area is 164 Å². The van der Waals surface area contributed by atoms with Crippen LogP contribution < -0.4 is 0 Å². The third-order valence-electron chi connectivity index (χ3n) is 6.26. The zero-order valence-electron chi connectivity index (χ0n) is 16.4. The van der Waals surface area contributed by atoms with Crippen molar-refractivity contribution >= 4 is 0 Å². The average molecular weight is 355 g/mol. The summed E-state index contributed by atoms with van der Waals surface area (Å²) in [4.78, 5) is 0. The zero-order valence-corrected chi connectivity index (χ0v) is 16.4. The predicted molar refractivity (Wildman–Crippen MR) is 117 cm³/mol. The first-order chi connectivity index (χ1) is 13.3. The Morgan fingerprint density at radius 2 is 1.07 bits per heavy atom. The highest BCUT2D eigenvalue weighted by molar-refractivity contribution is 5.70. The molecule has 0 spiro atoms. The summed E-state index contributed by atoms with van der Waals surface area (Å²) in [7, 11) is 0. The smallest absolute Gasteiger partial charge is 0.0184 e. The molecule has 3 aromatic rings. The Morgan fingerprint density at radius 3 is 1.63 bits per heavy atom. The summed E-state index contributed by atoms with van der Waals surface area (Å²) >= 11 is 0. The van der Waals surface area contributed by atoms with E-state index in [0.717, 1.165) is 11.8 Å². The molecule has 0 saturated heterocycles. The average Bonchev–Trinajstić information content (AvgIpc) is 2.75. The summed E-state index contributed by atoms with van der Waals surface area (Å²) in [5.74, 6) is 1.90. The Kier molecular flexibility index (Phi) is 5.72. The van der Waals surface area contributed by atoms with Crippen LogP contribution in [0, 0.1) is 11.8 Å². The molecule has 138 valence electrons. The van der Waals surface area contributed by atoms with Crippen molar-refractivity contribution in [2.75, 3.05) is 0 Å². The third kappa shape index (κ3) is 4.69. The minimum absolute atomic E-state index is 0.950. The van der Waals surface area contributed by atoms with Crippen LogP contribution in [0.15, 0.2) is 78.9 Å². The Hall–Kier alpha value is -2.34. The maximum Gasteiger partial charge on any atom is -0.0184 e. The number of benzene rings is 3. The van der Waals surface area contributed by atoms with Crippen LogP contribution in [-0.2, 0) is 6.42 Å². The number of hydrogen-bond acceptors (Lipinski definition) is 0. The highest BCUT2D eigenvalue weighted by Crippen LogP contribution is 2.31. The zero-order chi connectivity index (χ0) is 18.5. The quantitative estimate of drug-likeness (QED) is 0.439. The van der Waals surface area contributed by atoms with Crippen molar-refractivity contribution in [3.05, 3.63) is 84.4 Å². The van der Waals surface area contributed by atoms with Gasteiger partial charge in [-0.15, -0.1) is 0 Å². The van der Waals surface area contributed by atoms with Crippen molar-refractivity contribution in [1.29, 1.82) is 0 Å². The van der Waals surface area contributed by atoms with Gasteiger partial charge in [-0.2, -0.15) is 0 Å². The minimum atomic E-state index is 0.950. The van der Waals surface area contributed by atoms with Crippen LogP contribution in [0.1, 0.15) is 44.6 Å². The van der Waals surface area contributed by atoms with Crippen molar-refractivity contribution in [2.24, 2.45) is 11.8 Å². The lowest BCUT2D eigenvalue weighted by atomic mass is 9.80. The first kappa shape index (κ1) is 18.0. The summed E-state index contributed by atoms with van der Waals surface area (Å²) in [6.07, 6.45) is 8.33. The highest BCUT2D eigenvalue weighted by Gasteiger charge is 2.17. The van der Waals surface area contributed by atoms with Gasteiger partial charge in [0.25, 0.3) is 0 Å². The van der Waals surface area contributed by atoms with Gasteiger partial charge in [-0.3, -0.25) is 0 Å². The monoisotopic (exact) mass is 354 g/mol. The molecule has 1 saturated carbocycles. The summed E-state index contributed by atoms with van der Waals surface area (Å²) in [5.41, 5.74) is 6.64. The molecule has 0 N–H and O–H groups in total. The van der Waals surface area contributed by atoms with Gasteiger partial charge in [0.1, 0.15) is 0 Å². The molecule has 27 heavy (non-hydrogen) atoms. The topological polar surface area (TPSA) is 0 Å². The lowest BCUT2D eigenvalue weighted by molar-refractivity contribution is 0.278. The van der Waals surface area contributed by atoms with Crippen LogP contribution in [0.5, 0.6) is 0 Å². The fourth-order valence-corrected chi connectivity index (χ4v) is 4.34. The number of hydrogen-bond donors (Lipinski definition) is 0. The second-order valence-corrected chi connectivity index (χ2v) is 8.30. The Morgan fingerprint density at radius 1 is 0.593 bits per heavy atom. The van der Waals surface area contributed by atoms with Gasteiger partial charge < -0.3 is 0 Å². The predicted octanol–water partition coefficient (Wildman–Crippen LogP) is 7.78. The first-order valence-corrected chi connectivity index (χ1v) is 10.5. The molecule has 4 rings (SSSR count). The number of aryl methyl sites for hydroxylation is 1. The highest BCUT2D eigenvalue weighted by atomic mass is 14.2. The lowest BCUT2D eigenvalue weighted by Crippen LogP contribution is -2.12. The maximum absolute atomic E-state index is 2.40. The van der Waals surface area contributed by atoms with E-state index in [1.165, 1.54) is 66.3 Å². The molecule has 3 aromatic carbocycles. The second kappa shape index (κ2) is 8.57. The molecule has 0 amide bonds. The van der Waals surface area contributed by atoms with E-state index in [-0.39, 0.29) is 0 Å². The molecule has 0 aromatic heterocycles. The molecule has 1 aliphatic carbocycles. The van der Waals surface area contributed by atoms with Gasteiger partial charge in [-0.25, -0.2) is 0 Å². The van der Waals surface area contributed by atoms with Crippen molar-refractivity contribution in [2.45, 2.75) is 45.4 Å². The summed E-state index contributed by atoms with van der Waals surface area (Å²) in [6, 6.07) is 28.7. The van der Waals surface area contributed by atoms with Crippen molar-refractivity contribution in [3.63, 3.8) is 0 Å². The largest absolute Gasteiger partial charge is 0.0625 e. The summed E-state index contributed by atoms with van der Waals surface area (Å²) < 4.78 is 0. The van der Waals surface area contributed by atoms with Gasteiger partial charge in [0.2, 0.25) is 0 Å². The fraction of sp³-hybridized carbons (Fsp3) is 0.333. The second-order valence-electron chi connectivity index (χ2n) is 8.30. The molecule has 1 fully saturated rings. The molecule has 0 heterocycles. The van der Waals surface area contributed by atoms with Crippen molar-refractivity contribution < 1.29 is 0 Å². The van der Waals surface area contributed by atoms with Crippen LogP contribution in [-0.4, -0.2) is 0 Å². The normalized spacial score (nSPS) is 19.7. The SMILES string of the molecule is CC1CCC(CCc2ccc(-c3ccc(-c4ccccc4)cc3)cc2)CC1. The molecule has 0 radical (unpaired) electrons. The van der Waals surface area contributed by atoms with Gasteiger partial charge in [0.05, 0.1) is 0 Å².